The van der Waals surface area contributed by atoms with Crippen molar-refractivity contribution in [1.29, 1.82) is 0 Å². The Hall–Kier alpha value is -0.480. The predicted octanol–water partition coefficient (Wildman–Crippen LogP) is 2.08. The third-order valence-corrected chi connectivity index (χ3v) is 3.53. The van der Waals surface area contributed by atoms with Crippen LogP contribution < -0.4 is 5.32 Å². The molecule has 2 aliphatic rings. The quantitative estimate of drug-likeness (QED) is 0.747. The molecule has 3 atom stereocenters. The zero-order valence-electron chi connectivity index (χ0n) is 10.1. The van der Waals surface area contributed by atoms with Gasteiger partial charge in [0.25, 0.3) is 0 Å². The van der Waals surface area contributed by atoms with Crippen LogP contribution >= 0.6 is 12.4 Å². The number of amides is 1. The van der Waals surface area contributed by atoms with E-state index in [9.17, 15) is 9.90 Å². The van der Waals surface area contributed by atoms with Crippen LogP contribution in [0, 0.1) is 0 Å². The first kappa shape index (κ1) is 13.6. The van der Waals surface area contributed by atoms with Gasteiger partial charge >= 0.3 is 6.09 Å². The highest BCUT2D eigenvalue weighted by molar-refractivity contribution is 5.85. The smallest absolute Gasteiger partial charge is 0.408 e. The molecular formula is C11H21ClN2O2. The Morgan fingerprint density at radius 1 is 1.38 bits per heavy atom. The summed E-state index contributed by atoms with van der Waals surface area (Å²) in [7, 11) is 0. The molecule has 0 aliphatic carbocycles. The van der Waals surface area contributed by atoms with Gasteiger partial charge < -0.3 is 10.4 Å². The number of halogens is 1. The maximum atomic E-state index is 11.3. The number of fused-ring (bicyclic) bond motifs is 2. The highest BCUT2D eigenvalue weighted by Crippen LogP contribution is 2.34. The molecule has 0 aromatic heterocycles. The Kier molecular flexibility index (Phi) is 3.75. The molecular weight excluding hydrogens is 228 g/mol. The Labute approximate surface area is 103 Å². The van der Waals surface area contributed by atoms with Crippen molar-refractivity contribution in [2.24, 2.45) is 0 Å². The molecule has 0 spiro atoms. The van der Waals surface area contributed by atoms with Crippen LogP contribution in [0.2, 0.25) is 0 Å². The van der Waals surface area contributed by atoms with E-state index in [1.807, 2.05) is 20.8 Å². The maximum Gasteiger partial charge on any atom is 0.408 e. The Bertz CT molecular complexity index is 278. The summed E-state index contributed by atoms with van der Waals surface area (Å²) < 4.78 is 0. The lowest BCUT2D eigenvalue weighted by Crippen LogP contribution is -2.55. The summed E-state index contributed by atoms with van der Waals surface area (Å²) in [6.07, 6.45) is 2.52. The molecule has 2 bridgehead atoms. The molecule has 2 fully saturated rings. The minimum atomic E-state index is -0.790. The highest BCUT2D eigenvalue weighted by Gasteiger charge is 2.46. The van der Waals surface area contributed by atoms with Crippen molar-refractivity contribution < 1.29 is 9.90 Å². The highest BCUT2D eigenvalue weighted by atomic mass is 35.5. The van der Waals surface area contributed by atoms with E-state index in [1.54, 1.807) is 4.90 Å². The molecule has 2 saturated heterocycles. The molecule has 2 N–H and O–H groups in total. The molecule has 0 aromatic carbocycles. The standard InChI is InChI=1S/C11H20N2O2.ClH/c1-11(2,3)13(10(14)15)9-6-7-4-5-8(9)12-7;/h7-9,12H,4-6H2,1-3H3,(H,14,15);1H. The van der Waals surface area contributed by atoms with Gasteiger partial charge in [0.1, 0.15) is 0 Å². The second kappa shape index (κ2) is 4.41. The van der Waals surface area contributed by atoms with E-state index < -0.39 is 6.09 Å². The van der Waals surface area contributed by atoms with Crippen LogP contribution in [0.25, 0.3) is 0 Å². The van der Waals surface area contributed by atoms with Crippen molar-refractivity contribution in [3.63, 3.8) is 0 Å². The molecule has 2 aliphatic heterocycles. The van der Waals surface area contributed by atoms with Crippen molar-refractivity contribution in [2.45, 2.75) is 63.7 Å². The second-order valence-corrected chi connectivity index (χ2v) is 5.67. The lowest BCUT2D eigenvalue weighted by atomic mass is 9.91. The minimum Gasteiger partial charge on any atom is -0.465 e. The predicted molar refractivity (Wildman–Crippen MR) is 65.2 cm³/mol. The van der Waals surface area contributed by atoms with Gasteiger partial charge in [-0.15, -0.1) is 12.4 Å². The summed E-state index contributed by atoms with van der Waals surface area (Å²) in [5, 5.41) is 12.8. The van der Waals surface area contributed by atoms with Crippen molar-refractivity contribution in [2.75, 3.05) is 0 Å². The summed E-state index contributed by atoms with van der Waals surface area (Å²) in [5.41, 5.74) is -0.303. The van der Waals surface area contributed by atoms with E-state index in [0.29, 0.717) is 12.1 Å². The van der Waals surface area contributed by atoms with Crippen molar-refractivity contribution in [3.05, 3.63) is 0 Å². The molecule has 16 heavy (non-hydrogen) atoms. The van der Waals surface area contributed by atoms with E-state index in [1.165, 1.54) is 6.42 Å². The van der Waals surface area contributed by atoms with Crippen LogP contribution in [0.5, 0.6) is 0 Å². The average Bonchev–Trinajstić information content (AvgIpc) is 2.60. The van der Waals surface area contributed by atoms with E-state index >= 15 is 0 Å². The molecule has 0 radical (unpaired) electrons. The van der Waals surface area contributed by atoms with Crippen molar-refractivity contribution in [1.82, 2.24) is 10.2 Å². The molecule has 94 valence electrons. The number of hydrogen-bond acceptors (Lipinski definition) is 2. The largest absolute Gasteiger partial charge is 0.465 e. The SMILES string of the molecule is CC(C)(C)N(C(=O)O)C1CC2CCC1N2.Cl. The molecule has 0 saturated carbocycles. The zero-order chi connectivity index (χ0) is 11.2. The van der Waals surface area contributed by atoms with Crippen LogP contribution in [0.15, 0.2) is 0 Å². The van der Waals surface area contributed by atoms with Gasteiger partial charge in [-0.3, -0.25) is 4.90 Å². The monoisotopic (exact) mass is 248 g/mol. The zero-order valence-corrected chi connectivity index (χ0v) is 10.9. The Morgan fingerprint density at radius 3 is 2.31 bits per heavy atom. The number of carboxylic acid groups (broad SMARTS) is 1. The lowest BCUT2D eigenvalue weighted by molar-refractivity contribution is 0.0616. The van der Waals surface area contributed by atoms with Gasteiger partial charge in [-0.05, 0) is 40.0 Å². The van der Waals surface area contributed by atoms with Crippen LogP contribution in [-0.4, -0.2) is 39.8 Å². The molecule has 1 amide bonds. The number of hydrogen-bond donors (Lipinski definition) is 2. The average molecular weight is 249 g/mol. The lowest BCUT2D eigenvalue weighted by Gasteiger charge is -2.41. The fraction of sp³-hybridized carbons (Fsp3) is 0.909. The van der Waals surface area contributed by atoms with Gasteiger partial charge in [-0.25, -0.2) is 4.79 Å². The van der Waals surface area contributed by atoms with Crippen LogP contribution in [0.3, 0.4) is 0 Å². The Morgan fingerprint density at radius 2 is 2.00 bits per heavy atom. The van der Waals surface area contributed by atoms with Gasteiger partial charge in [0, 0.05) is 17.6 Å². The maximum absolute atomic E-state index is 11.3. The van der Waals surface area contributed by atoms with Crippen molar-refractivity contribution in [3.8, 4) is 0 Å². The molecule has 2 rings (SSSR count). The molecule has 4 nitrogen and oxygen atoms in total. The minimum absolute atomic E-state index is 0. The summed E-state index contributed by atoms with van der Waals surface area (Å²) in [5.74, 6) is 0. The first-order valence-corrected chi connectivity index (χ1v) is 5.68. The van der Waals surface area contributed by atoms with Gasteiger partial charge in [-0.1, -0.05) is 0 Å². The summed E-state index contributed by atoms with van der Waals surface area (Å²) in [6, 6.07) is 1.09. The normalized spacial score (nSPS) is 32.3. The topological polar surface area (TPSA) is 52.6 Å². The fourth-order valence-corrected chi connectivity index (χ4v) is 3.01. The fourth-order valence-electron chi connectivity index (χ4n) is 3.01. The molecule has 5 heteroatoms. The van der Waals surface area contributed by atoms with Crippen molar-refractivity contribution >= 4 is 18.5 Å². The summed E-state index contributed by atoms with van der Waals surface area (Å²) >= 11 is 0. The summed E-state index contributed by atoms with van der Waals surface area (Å²) in [4.78, 5) is 12.9. The Balaban J connectivity index is 0.00000128. The first-order chi connectivity index (χ1) is 6.89. The van der Waals surface area contributed by atoms with E-state index in [0.717, 1.165) is 12.8 Å². The summed E-state index contributed by atoms with van der Waals surface area (Å²) in [6.45, 7) is 5.90. The van der Waals surface area contributed by atoms with E-state index in [-0.39, 0.29) is 24.0 Å². The number of nitrogens with zero attached hydrogens (tertiary/aromatic N) is 1. The third kappa shape index (κ3) is 2.28. The van der Waals surface area contributed by atoms with Gasteiger partial charge in [0.15, 0.2) is 0 Å². The number of carbonyl (C=O) groups is 1. The number of nitrogens with one attached hydrogen (secondary N) is 1. The van der Waals surface area contributed by atoms with Gasteiger partial charge in [-0.2, -0.15) is 0 Å². The van der Waals surface area contributed by atoms with Crippen LogP contribution in [0.4, 0.5) is 4.79 Å². The molecule has 0 aromatic rings. The van der Waals surface area contributed by atoms with E-state index in [4.69, 9.17) is 0 Å². The third-order valence-electron chi connectivity index (χ3n) is 3.53. The van der Waals surface area contributed by atoms with Crippen LogP contribution in [-0.2, 0) is 0 Å². The molecule has 2 heterocycles. The van der Waals surface area contributed by atoms with Gasteiger partial charge in [0.2, 0.25) is 0 Å². The van der Waals surface area contributed by atoms with E-state index in [2.05, 4.69) is 5.32 Å². The second-order valence-electron chi connectivity index (χ2n) is 5.67. The molecule has 3 unspecified atom stereocenters. The first-order valence-electron chi connectivity index (χ1n) is 5.68. The van der Waals surface area contributed by atoms with Crippen LogP contribution in [0.1, 0.15) is 40.0 Å². The van der Waals surface area contributed by atoms with Gasteiger partial charge in [0.05, 0.1) is 6.04 Å². The number of rotatable bonds is 1.